The molecule has 3 aromatic rings. The molecule has 5 N–H and O–H groups in total. The summed E-state index contributed by atoms with van der Waals surface area (Å²) < 4.78 is 51.2. The highest BCUT2D eigenvalue weighted by atomic mass is 31.2. The van der Waals surface area contributed by atoms with Gasteiger partial charge in [0.25, 0.3) is 0 Å². The summed E-state index contributed by atoms with van der Waals surface area (Å²) in [5.41, 5.74) is 11.2. The summed E-state index contributed by atoms with van der Waals surface area (Å²) >= 11 is 0. The molecule has 1 saturated heterocycles. The van der Waals surface area contributed by atoms with Gasteiger partial charge in [0, 0.05) is 25.1 Å². The maximum absolute atomic E-state index is 14.5. The van der Waals surface area contributed by atoms with E-state index < -0.39 is 62.2 Å². The third kappa shape index (κ3) is 8.91. The SMILES string of the molecule is CCC(=O)O[C@H]1[C@H](c2ccc3c(N)ccnn23)O[C@](C#N)(COP(=O)(N[C@@H](C)C(=O)OCC2CCC(N)CC2)Oc2ccccc2)[C@H]1OC(=O)CC. The Labute approximate surface area is 301 Å². The second-order valence-electron chi connectivity index (χ2n) is 12.9. The van der Waals surface area contributed by atoms with Gasteiger partial charge in [-0.1, -0.05) is 32.0 Å². The lowest BCUT2D eigenvalue weighted by Gasteiger charge is -2.30. The van der Waals surface area contributed by atoms with Crippen molar-refractivity contribution in [2.75, 3.05) is 18.9 Å². The average Bonchev–Trinajstić information content (AvgIpc) is 3.70. The molecular weight excluding hydrogens is 695 g/mol. The molecule has 2 aromatic heterocycles. The molecular formula is C35H45N6O10P. The van der Waals surface area contributed by atoms with E-state index in [-0.39, 0.29) is 37.2 Å². The molecule has 1 aliphatic heterocycles. The zero-order valence-corrected chi connectivity index (χ0v) is 30.2. The number of benzene rings is 1. The number of rotatable bonds is 15. The molecule has 0 bridgehead atoms. The second-order valence-corrected chi connectivity index (χ2v) is 14.6. The Balaban J connectivity index is 1.45. The highest BCUT2D eigenvalue weighted by molar-refractivity contribution is 7.52. The first-order chi connectivity index (χ1) is 24.9. The van der Waals surface area contributed by atoms with Crippen LogP contribution >= 0.6 is 7.75 Å². The monoisotopic (exact) mass is 740 g/mol. The number of nitriles is 1. The summed E-state index contributed by atoms with van der Waals surface area (Å²) in [7, 11) is -4.55. The van der Waals surface area contributed by atoms with Crippen LogP contribution in [0.4, 0.5) is 5.69 Å². The fraction of sp³-hybridized carbons (Fsp3) is 0.514. The lowest BCUT2D eigenvalue weighted by Crippen LogP contribution is -2.49. The van der Waals surface area contributed by atoms with Gasteiger partial charge >= 0.3 is 25.7 Å². The number of nitrogens with one attached hydrogen (secondary N) is 1. The Kier molecular flexibility index (Phi) is 12.6. The quantitative estimate of drug-likeness (QED) is 0.113. The summed E-state index contributed by atoms with van der Waals surface area (Å²) in [5.74, 6) is -1.81. The molecule has 16 nitrogen and oxygen atoms in total. The highest BCUT2D eigenvalue weighted by Gasteiger charge is 2.62. The molecule has 1 saturated carbocycles. The Hall–Kier alpha value is -4.52. The number of fused-ring (bicyclic) bond motifs is 1. The number of nitrogen functional groups attached to an aromatic ring is 1. The molecule has 280 valence electrons. The first kappa shape index (κ1) is 38.7. The van der Waals surface area contributed by atoms with Gasteiger partial charge in [-0.25, -0.2) is 9.08 Å². The summed E-state index contributed by atoms with van der Waals surface area (Å²) in [4.78, 5) is 38.7. The summed E-state index contributed by atoms with van der Waals surface area (Å²) in [6, 6.07) is 13.9. The molecule has 1 unspecified atom stereocenters. The number of nitrogens with two attached hydrogens (primary N) is 2. The molecule has 1 aromatic carbocycles. The van der Waals surface area contributed by atoms with E-state index in [4.69, 9.17) is 39.5 Å². The van der Waals surface area contributed by atoms with Crippen molar-refractivity contribution in [3.63, 3.8) is 0 Å². The van der Waals surface area contributed by atoms with Crippen LogP contribution < -0.4 is 21.1 Å². The van der Waals surface area contributed by atoms with E-state index in [0.717, 1.165) is 25.7 Å². The van der Waals surface area contributed by atoms with Crippen LogP contribution in [0.3, 0.4) is 0 Å². The standard InChI is InChI=1S/C35H45N6O10P/c1-4-29(42)48-32-31(28-16-15-27-26(38)17-18-39-41(27)28)50-35(20-36,33(32)49-30(43)5-2)21-47-52(45,51-25-9-7-6-8-10-25)40-22(3)34(44)46-19-23-11-13-24(37)14-12-23/h6-10,15-18,22-24,31-33H,4-5,11-14,19,21,37-38H2,1-3H3,(H,40,45)/t22-,23?,24?,31-,32-,33-,35+,52?/m0/s1. The maximum atomic E-state index is 14.5. The number of nitrogens with zero attached hydrogens (tertiary/aromatic N) is 3. The van der Waals surface area contributed by atoms with Gasteiger partial charge in [-0.3, -0.25) is 18.9 Å². The van der Waals surface area contributed by atoms with Crippen LogP contribution in [0.1, 0.15) is 71.1 Å². The Bertz CT molecular complexity index is 1810. The van der Waals surface area contributed by atoms with E-state index >= 15 is 0 Å². The van der Waals surface area contributed by atoms with Crippen molar-refractivity contribution in [3.8, 4) is 11.8 Å². The van der Waals surface area contributed by atoms with Gasteiger partial charge in [0.15, 0.2) is 12.2 Å². The van der Waals surface area contributed by atoms with Gasteiger partial charge in [0.1, 0.15) is 30.6 Å². The van der Waals surface area contributed by atoms with E-state index in [2.05, 4.69) is 10.2 Å². The summed E-state index contributed by atoms with van der Waals surface area (Å²) in [6.07, 6.45) is 0.470. The number of anilines is 1. The molecule has 3 heterocycles. The molecule has 0 radical (unpaired) electrons. The van der Waals surface area contributed by atoms with Crippen LogP contribution in [0, 0.1) is 17.2 Å². The first-order valence-corrected chi connectivity index (χ1v) is 18.8. The number of aromatic nitrogens is 2. The zero-order valence-electron chi connectivity index (χ0n) is 29.3. The van der Waals surface area contributed by atoms with Crippen molar-refractivity contribution < 1.29 is 46.9 Å². The topological polar surface area (TPSA) is 229 Å². The molecule has 2 aliphatic rings. The van der Waals surface area contributed by atoms with Crippen LogP contribution in [-0.4, -0.2) is 70.6 Å². The van der Waals surface area contributed by atoms with Crippen molar-refractivity contribution in [1.29, 1.82) is 5.26 Å². The van der Waals surface area contributed by atoms with Gasteiger partial charge in [-0.15, -0.1) is 0 Å². The van der Waals surface area contributed by atoms with Crippen LogP contribution in [-0.2, 0) is 42.4 Å². The van der Waals surface area contributed by atoms with E-state index in [9.17, 15) is 24.2 Å². The minimum absolute atomic E-state index is 0.0415. The molecule has 0 amide bonds. The molecule has 1 aliphatic carbocycles. The van der Waals surface area contributed by atoms with Gasteiger partial charge in [-0.05, 0) is 68.9 Å². The van der Waals surface area contributed by atoms with Crippen molar-refractivity contribution in [2.24, 2.45) is 11.7 Å². The number of hydrogen-bond donors (Lipinski definition) is 3. The average molecular weight is 741 g/mol. The van der Waals surface area contributed by atoms with Crippen LogP contribution in [0.15, 0.2) is 54.7 Å². The summed E-state index contributed by atoms with van der Waals surface area (Å²) in [5, 5.41) is 17.7. The molecule has 6 atom stereocenters. The van der Waals surface area contributed by atoms with Gasteiger partial charge in [0.2, 0.25) is 5.60 Å². The predicted octanol–water partition coefficient (Wildman–Crippen LogP) is 4.14. The number of ether oxygens (including phenoxy) is 4. The predicted molar refractivity (Wildman–Crippen MR) is 186 cm³/mol. The largest absolute Gasteiger partial charge is 0.464 e. The third-order valence-corrected chi connectivity index (χ3v) is 10.7. The molecule has 17 heteroatoms. The Morgan fingerprint density at radius 1 is 1.08 bits per heavy atom. The smallest absolute Gasteiger partial charge is 0.459 e. The summed E-state index contributed by atoms with van der Waals surface area (Å²) in [6.45, 7) is 3.91. The number of carbonyl (C=O) groups excluding carboxylic acids is 3. The van der Waals surface area contributed by atoms with Gasteiger partial charge in [0.05, 0.1) is 23.5 Å². The van der Waals surface area contributed by atoms with Crippen molar-refractivity contribution >= 4 is 36.9 Å². The normalized spacial score (nSPS) is 26.1. The fourth-order valence-corrected chi connectivity index (χ4v) is 7.65. The van der Waals surface area contributed by atoms with E-state index in [1.54, 1.807) is 50.2 Å². The Morgan fingerprint density at radius 2 is 1.77 bits per heavy atom. The van der Waals surface area contributed by atoms with Crippen molar-refractivity contribution in [1.82, 2.24) is 14.7 Å². The first-order valence-electron chi connectivity index (χ1n) is 17.3. The number of hydrogen-bond acceptors (Lipinski definition) is 14. The van der Waals surface area contributed by atoms with E-state index in [1.807, 2.05) is 6.07 Å². The minimum Gasteiger partial charge on any atom is -0.464 e. The lowest BCUT2D eigenvalue weighted by atomic mass is 9.87. The molecule has 5 rings (SSSR count). The minimum atomic E-state index is -4.55. The third-order valence-electron chi connectivity index (χ3n) is 9.07. The molecule has 52 heavy (non-hydrogen) atoms. The van der Waals surface area contributed by atoms with E-state index in [0.29, 0.717) is 16.9 Å². The van der Waals surface area contributed by atoms with E-state index in [1.165, 1.54) is 29.8 Å². The van der Waals surface area contributed by atoms with Crippen LogP contribution in [0.2, 0.25) is 0 Å². The highest BCUT2D eigenvalue weighted by Crippen LogP contribution is 2.50. The Morgan fingerprint density at radius 3 is 2.44 bits per heavy atom. The maximum Gasteiger partial charge on any atom is 0.459 e. The number of esters is 3. The number of carbonyl (C=O) groups is 3. The molecule has 0 spiro atoms. The van der Waals surface area contributed by atoms with Crippen molar-refractivity contribution in [2.45, 2.75) is 95.3 Å². The van der Waals surface area contributed by atoms with Gasteiger partial charge in [-0.2, -0.15) is 15.4 Å². The second kappa shape index (κ2) is 16.9. The van der Waals surface area contributed by atoms with Gasteiger partial charge < -0.3 is 34.9 Å². The molecule has 2 fully saturated rings. The van der Waals surface area contributed by atoms with Crippen molar-refractivity contribution in [3.05, 3.63) is 60.4 Å². The number of para-hydroxylation sites is 1. The fourth-order valence-electron chi connectivity index (χ4n) is 6.13. The zero-order chi connectivity index (χ0) is 37.5. The lowest BCUT2D eigenvalue weighted by molar-refractivity contribution is -0.169. The van der Waals surface area contributed by atoms with Crippen LogP contribution in [0.5, 0.6) is 5.75 Å². The van der Waals surface area contributed by atoms with Crippen LogP contribution in [0.25, 0.3) is 5.52 Å².